The second-order valence-corrected chi connectivity index (χ2v) is 5.34. The van der Waals surface area contributed by atoms with Gasteiger partial charge >= 0.3 is 5.97 Å². The number of hydrogen-bond donors (Lipinski definition) is 2. The van der Waals surface area contributed by atoms with Crippen LogP contribution in [-0.2, 0) is 16.0 Å². The lowest BCUT2D eigenvalue weighted by atomic mass is 10.1. The van der Waals surface area contributed by atoms with Gasteiger partial charge in [-0.1, -0.05) is 17.7 Å². The van der Waals surface area contributed by atoms with Crippen molar-refractivity contribution in [2.75, 3.05) is 17.7 Å². The van der Waals surface area contributed by atoms with Crippen molar-refractivity contribution in [3.8, 4) is 0 Å². The number of anilines is 3. The zero-order chi connectivity index (χ0) is 15.7. The highest BCUT2D eigenvalue weighted by Gasteiger charge is 2.19. The Morgan fingerprint density at radius 3 is 2.68 bits per heavy atom. The van der Waals surface area contributed by atoms with Crippen LogP contribution in [0.3, 0.4) is 0 Å². The first-order chi connectivity index (χ1) is 10.6. The topological polar surface area (TPSA) is 67.4 Å². The molecule has 1 aliphatic heterocycles. The Labute approximate surface area is 132 Å². The fourth-order valence-corrected chi connectivity index (χ4v) is 2.48. The molecule has 1 heterocycles. The van der Waals surface area contributed by atoms with E-state index >= 15 is 0 Å². The van der Waals surface area contributed by atoms with E-state index in [9.17, 15) is 9.59 Å². The van der Waals surface area contributed by atoms with Crippen LogP contribution in [0.2, 0.25) is 5.02 Å². The average molecular weight is 317 g/mol. The molecule has 2 aromatic carbocycles. The van der Waals surface area contributed by atoms with Crippen molar-refractivity contribution < 1.29 is 14.3 Å². The standard InChI is InChI=1S/C16H13ClN2O3/c1-22-15(20)7-9-2-5-12-14(6-9)18-13-8-10(17)3-4-11(13)16(21)19-12/h2-6,8,18H,7H2,1H3,(H,19,21). The SMILES string of the molecule is COC(=O)Cc1ccc2c(c1)Nc1cc(Cl)ccc1C(=O)N2. The number of amides is 1. The first-order valence-electron chi connectivity index (χ1n) is 6.64. The molecule has 0 aromatic heterocycles. The van der Waals surface area contributed by atoms with Crippen molar-refractivity contribution in [2.24, 2.45) is 0 Å². The third-order valence-corrected chi connectivity index (χ3v) is 3.64. The molecule has 2 N–H and O–H groups in total. The summed E-state index contributed by atoms with van der Waals surface area (Å²) in [4.78, 5) is 23.6. The van der Waals surface area contributed by atoms with Gasteiger partial charge in [0.1, 0.15) is 0 Å². The molecule has 6 heteroatoms. The maximum Gasteiger partial charge on any atom is 0.309 e. The highest BCUT2D eigenvalue weighted by atomic mass is 35.5. The summed E-state index contributed by atoms with van der Waals surface area (Å²) in [6.45, 7) is 0. The number of methoxy groups -OCH3 is 1. The van der Waals surface area contributed by atoms with Gasteiger partial charge in [0.2, 0.25) is 0 Å². The highest BCUT2D eigenvalue weighted by molar-refractivity contribution is 6.31. The maximum atomic E-state index is 12.2. The molecule has 2 aromatic rings. The molecule has 3 rings (SSSR count). The number of rotatable bonds is 2. The number of carbonyl (C=O) groups excluding carboxylic acids is 2. The molecule has 112 valence electrons. The van der Waals surface area contributed by atoms with Crippen molar-refractivity contribution >= 4 is 40.5 Å². The van der Waals surface area contributed by atoms with Crippen molar-refractivity contribution in [1.82, 2.24) is 0 Å². The molecule has 0 unspecified atom stereocenters. The number of hydrogen-bond acceptors (Lipinski definition) is 4. The normalized spacial score (nSPS) is 12.4. The van der Waals surface area contributed by atoms with Crippen molar-refractivity contribution in [1.29, 1.82) is 0 Å². The van der Waals surface area contributed by atoms with Crippen LogP contribution >= 0.6 is 11.6 Å². The van der Waals surface area contributed by atoms with E-state index in [0.29, 0.717) is 27.6 Å². The molecular formula is C16H13ClN2O3. The first-order valence-corrected chi connectivity index (χ1v) is 7.02. The minimum Gasteiger partial charge on any atom is -0.469 e. The van der Waals surface area contributed by atoms with E-state index in [1.807, 2.05) is 6.07 Å². The molecule has 1 amide bonds. The lowest BCUT2D eigenvalue weighted by molar-refractivity contribution is -0.139. The Morgan fingerprint density at radius 1 is 1.09 bits per heavy atom. The van der Waals surface area contributed by atoms with Gasteiger partial charge in [-0.3, -0.25) is 9.59 Å². The van der Waals surface area contributed by atoms with E-state index in [1.54, 1.807) is 30.3 Å². The molecule has 1 aliphatic rings. The highest BCUT2D eigenvalue weighted by Crippen LogP contribution is 2.34. The molecular weight excluding hydrogens is 304 g/mol. The summed E-state index contributed by atoms with van der Waals surface area (Å²) in [6.07, 6.45) is 0.168. The molecule has 0 saturated carbocycles. The predicted octanol–water partition coefficient (Wildman–Crippen LogP) is 3.36. The van der Waals surface area contributed by atoms with E-state index in [4.69, 9.17) is 11.6 Å². The van der Waals surface area contributed by atoms with Gasteiger partial charge in [0.15, 0.2) is 0 Å². The second-order valence-electron chi connectivity index (χ2n) is 4.90. The molecule has 22 heavy (non-hydrogen) atoms. The number of nitrogens with one attached hydrogen (secondary N) is 2. The van der Waals surface area contributed by atoms with Crippen LogP contribution in [-0.4, -0.2) is 19.0 Å². The first kappa shape index (κ1) is 14.4. The summed E-state index contributed by atoms with van der Waals surface area (Å²) in [5.74, 6) is -0.528. The Kier molecular flexibility index (Phi) is 3.73. The molecule has 5 nitrogen and oxygen atoms in total. The van der Waals surface area contributed by atoms with Crippen LogP contribution in [0.5, 0.6) is 0 Å². The summed E-state index contributed by atoms with van der Waals surface area (Å²) in [5, 5.41) is 6.55. The van der Waals surface area contributed by atoms with E-state index in [1.165, 1.54) is 7.11 Å². The third kappa shape index (κ3) is 2.76. The Bertz CT molecular complexity index is 774. The summed E-state index contributed by atoms with van der Waals surface area (Å²) in [5.41, 5.74) is 3.27. The van der Waals surface area contributed by atoms with Crippen LogP contribution in [0.15, 0.2) is 36.4 Å². The fraction of sp³-hybridized carbons (Fsp3) is 0.125. The van der Waals surface area contributed by atoms with Crippen molar-refractivity contribution in [3.63, 3.8) is 0 Å². The van der Waals surface area contributed by atoms with Gasteiger partial charge in [0, 0.05) is 5.02 Å². The molecule has 0 spiro atoms. The minimum atomic E-state index is -0.318. The van der Waals surface area contributed by atoms with Gasteiger partial charge in [0.25, 0.3) is 5.91 Å². The monoisotopic (exact) mass is 316 g/mol. The Morgan fingerprint density at radius 2 is 1.91 bits per heavy atom. The fourth-order valence-electron chi connectivity index (χ4n) is 2.31. The number of fused-ring (bicyclic) bond motifs is 2. The van der Waals surface area contributed by atoms with E-state index in [0.717, 1.165) is 5.56 Å². The summed E-state index contributed by atoms with van der Waals surface area (Å²) in [7, 11) is 1.35. The van der Waals surface area contributed by atoms with Crippen LogP contribution < -0.4 is 10.6 Å². The molecule has 0 aliphatic carbocycles. The third-order valence-electron chi connectivity index (χ3n) is 3.40. The van der Waals surface area contributed by atoms with Crippen molar-refractivity contribution in [3.05, 3.63) is 52.5 Å². The number of benzene rings is 2. The van der Waals surface area contributed by atoms with Gasteiger partial charge in [-0.25, -0.2) is 0 Å². The minimum absolute atomic E-state index is 0.168. The van der Waals surface area contributed by atoms with Crippen LogP contribution in [0.25, 0.3) is 0 Å². The van der Waals surface area contributed by atoms with Crippen LogP contribution in [0.1, 0.15) is 15.9 Å². The van der Waals surface area contributed by atoms with E-state index < -0.39 is 0 Å². The van der Waals surface area contributed by atoms with Gasteiger partial charge in [0.05, 0.1) is 36.2 Å². The summed E-state index contributed by atoms with van der Waals surface area (Å²) >= 11 is 5.99. The van der Waals surface area contributed by atoms with Gasteiger partial charge in [-0.15, -0.1) is 0 Å². The number of halogens is 1. The smallest absolute Gasteiger partial charge is 0.309 e. The van der Waals surface area contributed by atoms with Gasteiger partial charge < -0.3 is 15.4 Å². The second kappa shape index (κ2) is 5.69. The lowest BCUT2D eigenvalue weighted by Gasteiger charge is -2.10. The Hall–Kier alpha value is -2.53. The molecule has 0 saturated heterocycles. The quantitative estimate of drug-likeness (QED) is 0.834. The van der Waals surface area contributed by atoms with Crippen LogP contribution in [0.4, 0.5) is 17.1 Å². The largest absolute Gasteiger partial charge is 0.469 e. The van der Waals surface area contributed by atoms with Crippen molar-refractivity contribution in [2.45, 2.75) is 6.42 Å². The Balaban J connectivity index is 2.01. The maximum absolute atomic E-state index is 12.2. The number of ether oxygens (including phenoxy) is 1. The van der Waals surface area contributed by atoms with Gasteiger partial charge in [-0.05, 0) is 35.9 Å². The van der Waals surface area contributed by atoms with Crippen LogP contribution in [0, 0.1) is 0 Å². The molecule has 0 atom stereocenters. The summed E-state index contributed by atoms with van der Waals surface area (Å²) in [6, 6.07) is 10.4. The number of carbonyl (C=O) groups is 2. The molecule has 0 bridgehead atoms. The zero-order valence-corrected chi connectivity index (χ0v) is 12.5. The zero-order valence-electron chi connectivity index (χ0n) is 11.8. The average Bonchev–Trinajstić information content (AvgIpc) is 2.62. The number of esters is 1. The lowest BCUT2D eigenvalue weighted by Crippen LogP contribution is -2.10. The molecule has 0 fully saturated rings. The molecule has 0 radical (unpaired) electrons. The van der Waals surface area contributed by atoms with Gasteiger partial charge in [-0.2, -0.15) is 0 Å². The van der Waals surface area contributed by atoms with E-state index in [2.05, 4.69) is 15.4 Å². The van der Waals surface area contributed by atoms with E-state index in [-0.39, 0.29) is 18.3 Å². The summed E-state index contributed by atoms with van der Waals surface area (Å²) < 4.78 is 4.67. The predicted molar refractivity (Wildman–Crippen MR) is 84.8 cm³/mol.